The van der Waals surface area contributed by atoms with Gasteiger partial charge in [0.25, 0.3) is 0 Å². The molecule has 0 radical (unpaired) electrons. The maximum Gasteiger partial charge on any atom is 0.172 e. The van der Waals surface area contributed by atoms with Gasteiger partial charge >= 0.3 is 0 Å². The Morgan fingerprint density at radius 1 is 1.64 bits per heavy atom. The molecule has 3 N–H and O–H groups in total. The Balaban J connectivity index is 3.25. The van der Waals surface area contributed by atoms with E-state index in [4.69, 9.17) is 22.1 Å². The summed E-state index contributed by atoms with van der Waals surface area (Å²) in [5.41, 5.74) is 5.20. The molecule has 0 aromatic heterocycles. The van der Waals surface area contributed by atoms with Crippen LogP contribution >= 0.6 is 11.6 Å². The number of ether oxygens (including phenoxy) is 1. The van der Waals surface area contributed by atoms with Gasteiger partial charge < -0.3 is 15.6 Å². The van der Waals surface area contributed by atoms with Crippen LogP contribution < -0.4 is 10.5 Å². The van der Waals surface area contributed by atoms with E-state index in [0.717, 1.165) is 0 Å². The van der Waals surface area contributed by atoms with Crippen LogP contribution in [0.5, 0.6) is 5.75 Å². The molecular weight excluding hydrogens is 209 g/mol. The molecule has 1 rings (SSSR count). The molecule has 3 nitrogen and oxygen atoms in total. The van der Waals surface area contributed by atoms with Gasteiger partial charge in [-0.1, -0.05) is 11.6 Å². The summed E-state index contributed by atoms with van der Waals surface area (Å²) in [6, 6.07) is 2.85. The monoisotopic (exact) mass is 219 g/mol. The maximum atomic E-state index is 13.5. The second kappa shape index (κ2) is 4.59. The second-order valence-corrected chi connectivity index (χ2v) is 3.14. The predicted molar refractivity (Wildman–Crippen MR) is 52.0 cm³/mol. The summed E-state index contributed by atoms with van der Waals surface area (Å²) in [4.78, 5) is 0. The van der Waals surface area contributed by atoms with Gasteiger partial charge in [-0.3, -0.25) is 0 Å². The Bertz CT molecular complexity index is 333. The van der Waals surface area contributed by atoms with Crippen molar-refractivity contribution in [2.24, 2.45) is 5.73 Å². The smallest absolute Gasteiger partial charge is 0.172 e. The zero-order valence-corrected chi connectivity index (χ0v) is 8.38. The first-order valence-electron chi connectivity index (χ1n) is 4.01. The summed E-state index contributed by atoms with van der Waals surface area (Å²) >= 11 is 5.72. The molecule has 5 heteroatoms. The molecule has 1 aromatic carbocycles. The number of rotatable bonds is 3. The van der Waals surface area contributed by atoms with Crippen LogP contribution in [0.2, 0.25) is 5.02 Å². The van der Waals surface area contributed by atoms with E-state index in [1.54, 1.807) is 0 Å². The van der Waals surface area contributed by atoms with Crippen LogP contribution in [0.1, 0.15) is 11.7 Å². The van der Waals surface area contributed by atoms with E-state index >= 15 is 0 Å². The van der Waals surface area contributed by atoms with E-state index in [9.17, 15) is 9.50 Å². The number of methoxy groups -OCH3 is 1. The average Bonchev–Trinajstić information content (AvgIpc) is 2.18. The number of benzene rings is 1. The van der Waals surface area contributed by atoms with Crippen LogP contribution in [0.4, 0.5) is 4.39 Å². The molecule has 1 aromatic rings. The molecule has 0 aliphatic rings. The molecule has 0 saturated carbocycles. The van der Waals surface area contributed by atoms with Crippen molar-refractivity contribution >= 4 is 11.6 Å². The summed E-state index contributed by atoms with van der Waals surface area (Å²) in [7, 11) is 1.34. The van der Waals surface area contributed by atoms with Gasteiger partial charge in [-0.15, -0.1) is 0 Å². The standard InChI is InChI=1S/C9H11ClFNO2/c1-14-7-3-2-5(10)8(9(7)11)6(13)4-12/h2-3,6,13H,4,12H2,1H3. The quantitative estimate of drug-likeness (QED) is 0.810. The van der Waals surface area contributed by atoms with Crippen LogP contribution in [0.15, 0.2) is 12.1 Å². The normalized spacial score (nSPS) is 12.6. The molecule has 1 unspecified atom stereocenters. The molecule has 0 amide bonds. The zero-order chi connectivity index (χ0) is 10.7. The molecule has 0 spiro atoms. The largest absolute Gasteiger partial charge is 0.494 e. The van der Waals surface area contributed by atoms with Gasteiger partial charge in [0.15, 0.2) is 11.6 Å². The van der Waals surface area contributed by atoms with Crippen LogP contribution in [0.3, 0.4) is 0 Å². The number of nitrogens with two attached hydrogens (primary N) is 1. The number of hydrogen-bond acceptors (Lipinski definition) is 3. The van der Waals surface area contributed by atoms with E-state index in [-0.39, 0.29) is 22.9 Å². The first-order chi connectivity index (χ1) is 6.61. The fraction of sp³-hybridized carbons (Fsp3) is 0.333. The van der Waals surface area contributed by atoms with Crippen LogP contribution in [0.25, 0.3) is 0 Å². The summed E-state index contributed by atoms with van der Waals surface area (Å²) in [6.45, 7) is -0.0934. The van der Waals surface area contributed by atoms with E-state index in [1.165, 1.54) is 19.2 Å². The van der Waals surface area contributed by atoms with Crippen molar-refractivity contribution in [3.05, 3.63) is 28.5 Å². The Hall–Kier alpha value is -0.840. The summed E-state index contributed by atoms with van der Waals surface area (Å²) in [5.74, 6) is -0.630. The minimum atomic E-state index is -1.11. The first-order valence-corrected chi connectivity index (χ1v) is 4.39. The third-order valence-electron chi connectivity index (χ3n) is 1.87. The van der Waals surface area contributed by atoms with E-state index in [1.807, 2.05) is 0 Å². The van der Waals surface area contributed by atoms with Gasteiger partial charge in [-0.05, 0) is 12.1 Å². The Kier molecular flexibility index (Phi) is 3.69. The highest BCUT2D eigenvalue weighted by atomic mass is 35.5. The Morgan fingerprint density at radius 3 is 2.79 bits per heavy atom. The molecular formula is C9H11ClFNO2. The second-order valence-electron chi connectivity index (χ2n) is 2.73. The molecule has 0 bridgehead atoms. The molecule has 78 valence electrons. The Labute approximate surface area is 86.2 Å². The third kappa shape index (κ3) is 1.97. The summed E-state index contributed by atoms with van der Waals surface area (Å²) in [5, 5.41) is 9.55. The number of aliphatic hydroxyl groups is 1. The van der Waals surface area contributed by atoms with Crippen molar-refractivity contribution in [2.75, 3.05) is 13.7 Å². The number of hydrogen-bond donors (Lipinski definition) is 2. The lowest BCUT2D eigenvalue weighted by molar-refractivity contribution is 0.180. The highest BCUT2D eigenvalue weighted by molar-refractivity contribution is 6.31. The van der Waals surface area contributed by atoms with Gasteiger partial charge in [-0.25, -0.2) is 4.39 Å². The van der Waals surface area contributed by atoms with Crippen molar-refractivity contribution in [3.8, 4) is 5.75 Å². The first kappa shape index (κ1) is 11.2. The fourth-order valence-corrected chi connectivity index (χ4v) is 1.40. The topological polar surface area (TPSA) is 55.5 Å². The van der Waals surface area contributed by atoms with Gasteiger partial charge in [0, 0.05) is 17.1 Å². The van der Waals surface area contributed by atoms with E-state index < -0.39 is 11.9 Å². The highest BCUT2D eigenvalue weighted by Crippen LogP contribution is 2.31. The van der Waals surface area contributed by atoms with Crippen molar-refractivity contribution in [1.29, 1.82) is 0 Å². The lowest BCUT2D eigenvalue weighted by Crippen LogP contribution is -2.14. The van der Waals surface area contributed by atoms with Crippen molar-refractivity contribution in [2.45, 2.75) is 6.10 Å². The van der Waals surface area contributed by atoms with E-state index in [2.05, 4.69) is 0 Å². The maximum absolute atomic E-state index is 13.5. The fourth-order valence-electron chi connectivity index (χ4n) is 1.13. The van der Waals surface area contributed by atoms with Gasteiger partial charge in [0.2, 0.25) is 0 Å². The number of halogens is 2. The summed E-state index contributed by atoms with van der Waals surface area (Å²) in [6.07, 6.45) is -1.11. The molecule has 0 aliphatic carbocycles. The summed E-state index contributed by atoms with van der Waals surface area (Å²) < 4.78 is 18.3. The highest BCUT2D eigenvalue weighted by Gasteiger charge is 2.18. The molecule has 0 saturated heterocycles. The lowest BCUT2D eigenvalue weighted by atomic mass is 10.1. The van der Waals surface area contributed by atoms with Gasteiger partial charge in [0.05, 0.1) is 13.2 Å². The molecule has 0 fully saturated rings. The average molecular weight is 220 g/mol. The zero-order valence-electron chi connectivity index (χ0n) is 7.63. The molecule has 0 heterocycles. The Morgan fingerprint density at radius 2 is 2.29 bits per heavy atom. The lowest BCUT2D eigenvalue weighted by Gasteiger charge is -2.13. The van der Waals surface area contributed by atoms with Crippen molar-refractivity contribution in [1.82, 2.24) is 0 Å². The van der Waals surface area contributed by atoms with Crippen LogP contribution in [0, 0.1) is 5.82 Å². The molecule has 0 aliphatic heterocycles. The van der Waals surface area contributed by atoms with Crippen LogP contribution in [-0.2, 0) is 0 Å². The molecule has 14 heavy (non-hydrogen) atoms. The van der Waals surface area contributed by atoms with Crippen molar-refractivity contribution < 1.29 is 14.2 Å². The van der Waals surface area contributed by atoms with Crippen molar-refractivity contribution in [3.63, 3.8) is 0 Å². The van der Waals surface area contributed by atoms with E-state index in [0.29, 0.717) is 0 Å². The minimum absolute atomic E-state index is 0.0199. The molecule has 1 atom stereocenters. The number of aliphatic hydroxyl groups excluding tert-OH is 1. The van der Waals surface area contributed by atoms with Gasteiger partial charge in [0.1, 0.15) is 0 Å². The minimum Gasteiger partial charge on any atom is -0.494 e. The third-order valence-corrected chi connectivity index (χ3v) is 2.20. The van der Waals surface area contributed by atoms with Gasteiger partial charge in [-0.2, -0.15) is 0 Å². The predicted octanol–water partition coefficient (Wildman–Crippen LogP) is 1.48. The van der Waals surface area contributed by atoms with Crippen LogP contribution in [-0.4, -0.2) is 18.8 Å². The SMILES string of the molecule is COc1ccc(Cl)c(C(O)CN)c1F.